The van der Waals surface area contributed by atoms with Crippen LogP contribution in [0.1, 0.15) is 32.6 Å². The van der Waals surface area contributed by atoms with Gasteiger partial charge in [0.2, 0.25) is 11.8 Å². The zero-order valence-corrected chi connectivity index (χ0v) is 13.2. The molecule has 2 aliphatic heterocycles. The van der Waals surface area contributed by atoms with Gasteiger partial charge >= 0.3 is 0 Å². The van der Waals surface area contributed by atoms with Gasteiger partial charge in [-0.3, -0.25) is 4.79 Å². The molecule has 0 bridgehead atoms. The number of pyridine rings is 1. The van der Waals surface area contributed by atoms with Crippen molar-refractivity contribution in [3.8, 4) is 5.88 Å². The maximum atomic E-state index is 14.0. The lowest BCUT2D eigenvalue weighted by Crippen LogP contribution is -2.56. The molecule has 23 heavy (non-hydrogen) atoms. The van der Waals surface area contributed by atoms with Gasteiger partial charge in [0.15, 0.2) is 5.82 Å². The first-order valence-corrected chi connectivity index (χ1v) is 8.13. The topological polar surface area (TPSA) is 72.5 Å². The van der Waals surface area contributed by atoms with Crippen molar-refractivity contribution >= 4 is 11.6 Å². The Morgan fingerprint density at radius 3 is 3.13 bits per heavy atom. The lowest BCUT2D eigenvalue weighted by atomic mass is 9.92. The molecular formula is C16H22FN3O3. The van der Waals surface area contributed by atoms with Crippen molar-refractivity contribution < 1.29 is 18.7 Å². The molecule has 1 unspecified atom stereocenters. The third-order valence-corrected chi connectivity index (χ3v) is 4.27. The van der Waals surface area contributed by atoms with E-state index in [2.05, 4.69) is 15.6 Å². The number of hydrogen-bond donors (Lipinski definition) is 2. The molecule has 0 saturated carbocycles. The molecule has 2 N–H and O–H groups in total. The number of piperidine rings is 1. The van der Waals surface area contributed by atoms with Gasteiger partial charge in [-0.15, -0.1) is 0 Å². The van der Waals surface area contributed by atoms with Gasteiger partial charge in [0, 0.05) is 25.1 Å². The smallest absolute Gasteiger partial charge is 0.220 e. The molecule has 1 amide bonds. The van der Waals surface area contributed by atoms with Crippen molar-refractivity contribution in [3.63, 3.8) is 0 Å². The lowest BCUT2D eigenvalue weighted by molar-refractivity contribution is -0.124. The fourth-order valence-corrected chi connectivity index (χ4v) is 3.18. The summed E-state index contributed by atoms with van der Waals surface area (Å²) in [5, 5.41) is 6.20. The zero-order valence-electron chi connectivity index (χ0n) is 13.2. The van der Waals surface area contributed by atoms with Crippen molar-refractivity contribution in [2.24, 2.45) is 0 Å². The molecule has 0 aliphatic carbocycles. The first-order chi connectivity index (χ1) is 11.2. The quantitative estimate of drug-likeness (QED) is 0.865. The Hall–Kier alpha value is -1.89. The van der Waals surface area contributed by atoms with E-state index in [0.717, 1.165) is 19.0 Å². The second-order valence-electron chi connectivity index (χ2n) is 5.87. The predicted octanol–water partition coefficient (Wildman–Crippen LogP) is 1.86. The van der Waals surface area contributed by atoms with Gasteiger partial charge in [-0.2, -0.15) is 0 Å². The van der Waals surface area contributed by atoms with Crippen LogP contribution in [0.2, 0.25) is 0 Å². The van der Waals surface area contributed by atoms with Gasteiger partial charge in [-0.05, 0) is 26.2 Å². The molecule has 3 rings (SSSR count). The first-order valence-electron chi connectivity index (χ1n) is 8.13. The van der Waals surface area contributed by atoms with Crippen molar-refractivity contribution in [1.29, 1.82) is 0 Å². The van der Waals surface area contributed by atoms with E-state index in [-0.39, 0.29) is 24.1 Å². The highest BCUT2D eigenvalue weighted by molar-refractivity contribution is 5.77. The number of aromatic nitrogens is 1. The van der Waals surface area contributed by atoms with Crippen molar-refractivity contribution in [1.82, 2.24) is 10.3 Å². The predicted molar refractivity (Wildman–Crippen MR) is 82.9 cm³/mol. The first kappa shape index (κ1) is 16.0. The summed E-state index contributed by atoms with van der Waals surface area (Å²) in [6.07, 6.45) is 4.09. The van der Waals surface area contributed by atoms with Crippen LogP contribution in [0.25, 0.3) is 0 Å². The number of nitrogens with one attached hydrogen (secondary N) is 2. The van der Waals surface area contributed by atoms with Crippen LogP contribution >= 0.6 is 0 Å². The fraction of sp³-hybridized carbons (Fsp3) is 0.625. The van der Waals surface area contributed by atoms with Gasteiger partial charge in [-0.1, -0.05) is 0 Å². The molecule has 2 aliphatic rings. The number of amides is 1. The molecule has 0 aromatic carbocycles. The van der Waals surface area contributed by atoms with Crippen molar-refractivity contribution in [2.45, 2.75) is 50.8 Å². The summed E-state index contributed by atoms with van der Waals surface area (Å²) in [5.41, 5.74) is 0.340. The maximum absolute atomic E-state index is 14.0. The van der Waals surface area contributed by atoms with E-state index in [1.54, 1.807) is 6.07 Å². The van der Waals surface area contributed by atoms with E-state index >= 15 is 0 Å². The highest BCUT2D eigenvalue weighted by Crippen LogP contribution is 2.27. The van der Waals surface area contributed by atoms with Gasteiger partial charge in [-0.25, -0.2) is 9.37 Å². The second-order valence-corrected chi connectivity index (χ2v) is 5.87. The summed E-state index contributed by atoms with van der Waals surface area (Å²) in [4.78, 5) is 15.6. The SMILES string of the molecule is CCOc1cc(N[C@H]2CCC(=O)N[C@@H]2C2CCCO2)c(F)cn1. The Kier molecular flexibility index (Phi) is 4.95. The van der Waals surface area contributed by atoms with Crippen LogP contribution in [0.4, 0.5) is 10.1 Å². The standard InChI is InChI=1S/C16H22FN3O3/c1-2-22-15-8-12(10(17)9-18-15)19-11-5-6-14(21)20-16(11)13-4-3-7-23-13/h8-9,11,13,16H,2-7H2,1H3,(H,18,19)(H,20,21)/t11-,13?,16-/m0/s1. The number of anilines is 1. The average Bonchev–Trinajstić information content (AvgIpc) is 3.07. The van der Waals surface area contributed by atoms with E-state index in [0.29, 0.717) is 37.6 Å². The summed E-state index contributed by atoms with van der Waals surface area (Å²) in [7, 11) is 0. The van der Waals surface area contributed by atoms with Crippen LogP contribution in [0.3, 0.4) is 0 Å². The largest absolute Gasteiger partial charge is 0.478 e. The van der Waals surface area contributed by atoms with E-state index in [1.165, 1.54) is 0 Å². The Bertz CT molecular complexity index is 564. The molecule has 0 spiro atoms. The zero-order chi connectivity index (χ0) is 16.2. The minimum atomic E-state index is -0.434. The van der Waals surface area contributed by atoms with Crippen LogP contribution in [0.15, 0.2) is 12.3 Å². The Morgan fingerprint density at radius 1 is 1.52 bits per heavy atom. The average molecular weight is 323 g/mol. The number of carbonyl (C=O) groups is 1. The number of rotatable bonds is 5. The highest BCUT2D eigenvalue weighted by atomic mass is 19.1. The van der Waals surface area contributed by atoms with Gasteiger partial charge in [0.25, 0.3) is 0 Å². The van der Waals surface area contributed by atoms with E-state index < -0.39 is 5.82 Å². The van der Waals surface area contributed by atoms with Gasteiger partial charge < -0.3 is 20.1 Å². The van der Waals surface area contributed by atoms with E-state index in [4.69, 9.17) is 9.47 Å². The van der Waals surface area contributed by atoms with Crippen LogP contribution in [-0.4, -0.2) is 42.3 Å². The van der Waals surface area contributed by atoms with Crippen LogP contribution in [0, 0.1) is 5.82 Å². The minimum Gasteiger partial charge on any atom is -0.478 e. The summed E-state index contributed by atoms with van der Waals surface area (Å²) in [5.74, 6) is -0.0323. The summed E-state index contributed by atoms with van der Waals surface area (Å²) in [6.45, 7) is 3.03. The molecule has 1 aromatic rings. The molecule has 6 nitrogen and oxygen atoms in total. The number of nitrogens with zero attached hydrogens (tertiary/aromatic N) is 1. The van der Waals surface area contributed by atoms with Crippen LogP contribution < -0.4 is 15.4 Å². The Balaban J connectivity index is 1.76. The molecule has 126 valence electrons. The molecule has 1 aromatic heterocycles. The van der Waals surface area contributed by atoms with Crippen molar-refractivity contribution in [3.05, 3.63) is 18.1 Å². The molecule has 0 radical (unpaired) electrons. The second kappa shape index (κ2) is 7.12. The number of carbonyl (C=O) groups excluding carboxylic acids is 1. The Labute approximate surface area is 134 Å². The third-order valence-electron chi connectivity index (χ3n) is 4.27. The Morgan fingerprint density at radius 2 is 2.39 bits per heavy atom. The molecular weight excluding hydrogens is 301 g/mol. The normalized spacial score (nSPS) is 27.6. The van der Waals surface area contributed by atoms with Crippen molar-refractivity contribution in [2.75, 3.05) is 18.5 Å². The van der Waals surface area contributed by atoms with Gasteiger partial charge in [0.1, 0.15) is 0 Å². The summed E-state index contributed by atoms with van der Waals surface area (Å²) in [6, 6.07) is 1.32. The number of ether oxygens (including phenoxy) is 2. The summed E-state index contributed by atoms with van der Waals surface area (Å²) < 4.78 is 25.1. The molecule has 2 fully saturated rings. The van der Waals surface area contributed by atoms with Crippen LogP contribution in [0.5, 0.6) is 5.88 Å². The molecule has 7 heteroatoms. The van der Waals surface area contributed by atoms with E-state index in [9.17, 15) is 9.18 Å². The van der Waals surface area contributed by atoms with E-state index in [1.807, 2.05) is 6.92 Å². The highest BCUT2D eigenvalue weighted by Gasteiger charge is 2.37. The minimum absolute atomic E-state index is 0.0204. The molecule has 2 saturated heterocycles. The number of halogens is 1. The molecule has 3 atom stereocenters. The number of hydrogen-bond acceptors (Lipinski definition) is 5. The maximum Gasteiger partial charge on any atom is 0.220 e. The fourth-order valence-electron chi connectivity index (χ4n) is 3.18. The van der Waals surface area contributed by atoms with Gasteiger partial charge in [0.05, 0.1) is 30.6 Å². The third kappa shape index (κ3) is 3.72. The monoisotopic (exact) mass is 323 g/mol. The van der Waals surface area contributed by atoms with Crippen LogP contribution in [-0.2, 0) is 9.53 Å². The lowest BCUT2D eigenvalue weighted by Gasteiger charge is -2.36. The molecule has 3 heterocycles. The summed E-state index contributed by atoms with van der Waals surface area (Å²) >= 11 is 0.